The average molecular weight is 196 g/mol. The lowest BCUT2D eigenvalue weighted by molar-refractivity contribution is -0.134. The first kappa shape index (κ1) is 9.97. The minimum Gasteiger partial charge on any atom is -0.338 e. The molecule has 1 aliphatic heterocycles. The van der Waals surface area contributed by atoms with E-state index < -0.39 is 0 Å². The Morgan fingerprint density at radius 2 is 1.71 bits per heavy atom. The minimum absolute atomic E-state index is 0.203. The van der Waals surface area contributed by atoms with Crippen LogP contribution in [0.5, 0.6) is 0 Å². The highest BCUT2D eigenvalue weighted by molar-refractivity contribution is 5.82. The number of amides is 1. The van der Waals surface area contributed by atoms with Gasteiger partial charge in [0.25, 0.3) is 0 Å². The monoisotopic (exact) mass is 196 g/mol. The molecule has 3 heteroatoms. The standard InChI is InChI=1S/C11H20N2O/c12-10-7-3-4-8-13(11(10)14)9-5-1-2-6-9/h9-10H,1-8,12H2/t10-/m1/s1. The number of likely N-dealkylation sites (tertiary alicyclic amines) is 1. The van der Waals surface area contributed by atoms with Gasteiger partial charge in [0, 0.05) is 12.6 Å². The number of nitrogens with two attached hydrogens (primary N) is 1. The second-order valence-electron chi connectivity index (χ2n) is 4.57. The van der Waals surface area contributed by atoms with E-state index in [1.54, 1.807) is 0 Å². The Labute approximate surface area is 85.6 Å². The summed E-state index contributed by atoms with van der Waals surface area (Å²) in [7, 11) is 0. The molecule has 1 aliphatic carbocycles. The summed E-state index contributed by atoms with van der Waals surface area (Å²) in [5, 5.41) is 0. The van der Waals surface area contributed by atoms with Crippen LogP contribution in [0.2, 0.25) is 0 Å². The predicted molar refractivity (Wildman–Crippen MR) is 55.8 cm³/mol. The fourth-order valence-corrected chi connectivity index (χ4v) is 2.67. The normalized spacial score (nSPS) is 30.8. The molecule has 2 N–H and O–H groups in total. The number of hydrogen-bond acceptors (Lipinski definition) is 2. The molecule has 0 radical (unpaired) electrons. The zero-order valence-electron chi connectivity index (χ0n) is 8.74. The molecule has 1 heterocycles. The third kappa shape index (κ3) is 1.92. The molecule has 0 aromatic heterocycles. The van der Waals surface area contributed by atoms with Gasteiger partial charge in [-0.25, -0.2) is 0 Å². The van der Waals surface area contributed by atoms with Gasteiger partial charge in [-0.3, -0.25) is 4.79 Å². The molecule has 0 aromatic carbocycles. The molecule has 2 rings (SSSR count). The van der Waals surface area contributed by atoms with E-state index in [-0.39, 0.29) is 11.9 Å². The van der Waals surface area contributed by atoms with Gasteiger partial charge in [-0.1, -0.05) is 12.8 Å². The Kier molecular flexibility index (Phi) is 3.06. The number of nitrogens with zero attached hydrogens (tertiary/aromatic N) is 1. The summed E-state index contributed by atoms with van der Waals surface area (Å²) in [4.78, 5) is 14.0. The quantitative estimate of drug-likeness (QED) is 0.686. The van der Waals surface area contributed by atoms with E-state index in [9.17, 15) is 4.79 Å². The molecule has 2 fully saturated rings. The summed E-state index contributed by atoms with van der Waals surface area (Å²) < 4.78 is 0. The van der Waals surface area contributed by atoms with Crippen LogP contribution in [0.25, 0.3) is 0 Å². The molecule has 14 heavy (non-hydrogen) atoms. The maximum absolute atomic E-state index is 11.9. The lowest BCUT2D eigenvalue weighted by atomic mass is 10.1. The van der Waals surface area contributed by atoms with Crippen LogP contribution in [0.4, 0.5) is 0 Å². The van der Waals surface area contributed by atoms with Crippen molar-refractivity contribution in [1.82, 2.24) is 4.90 Å². The second-order valence-corrected chi connectivity index (χ2v) is 4.57. The summed E-state index contributed by atoms with van der Waals surface area (Å²) in [5.74, 6) is 0.203. The van der Waals surface area contributed by atoms with Crippen molar-refractivity contribution in [3.05, 3.63) is 0 Å². The Hall–Kier alpha value is -0.570. The van der Waals surface area contributed by atoms with Gasteiger partial charge in [0.1, 0.15) is 0 Å². The summed E-state index contributed by atoms with van der Waals surface area (Å²) in [5.41, 5.74) is 5.85. The van der Waals surface area contributed by atoms with Crippen LogP contribution in [0, 0.1) is 0 Å². The molecular formula is C11H20N2O. The average Bonchev–Trinajstić information content (AvgIpc) is 2.64. The molecule has 0 bridgehead atoms. The van der Waals surface area contributed by atoms with E-state index in [2.05, 4.69) is 4.90 Å². The zero-order chi connectivity index (χ0) is 9.97. The number of carbonyl (C=O) groups is 1. The predicted octanol–water partition coefficient (Wildman–Crippen LogP) is 1.27. The van der Waals surface area contributed by atoms with E-state index in [0.717, 1.165) is 25.8 Å². The number of carbonyl (C=O) groups excluding carboxylic acids is 1. The molecule has 1 atom stereocenters. The molecular weight excluding hydrogens is 176 g/mol. The molecule has 3 nitrogen and oxygen atoms in total. The van der Waals surface area contributed by atoms with Gasteiger partial charge in [-0.2, -0.15) is 0 Å². The number of rotatable bonds is 1. The smallest absolute Gasteiger partial charge is 0.239 e. The lowest BCUT2D eigenvalue weighted by Gasteiger charge is -2.29. The molecule has 80 valence electrons. The van der Waals surface area contributed by atoms with Crippen molar-refractivity contribution < 1.29 is 4.79 Å². The molecule has 0 aromatic rings. The Morgan fingerprint density at radius 1 is 1.07 bits per heavy atom. The molecule has 2 aliphatic rings. The summed E-state index contributed by atoms with van der Waals surface area (Å²) in [6.07, 6.45) is 8.07. The van der Waals surface area contributed by atoms with E-state index in [0.29, 0.717) is 6.04 Å². The van der Waals surface area contributed by atoms with Crippen molar-refractivity contribution >= 4 is 5.91 Å². The summed E-state index contributed by atoms with van der Waals surface area (Å²) in [6, 6.07) is 0.282. The van der Waals surface area contributed by atoms with Gasteiger partial charge in [0.15, 0.2) is 0 Å². The van der Waals surface area contributed by atoms with Gasteiger partial charge in [0.05, 0.1) is 6.04 Å². The third-order valence-corrected chi connectivity index (χ3v) is 3.53. The van der Waals surface area contributed by atoms with Crippen LogP contribution >= 0.6 is 0 Å². The van der Waals surface area contributed by atoms with Crippen molar-refractivity contribution in [3.8, 4) is 0 Å². The van der Waals surface area contributed by atoms with Crippen molar-refractivity contribution in [2.24, 2.45) is 5.73 Å². The van der Waals surface area contributed by atoms with Gasteiger partial charge in [-0.15, -0.1) is 0 Å². The maximum Gasteiger partial charge on any atom is 0.239 e. The van der Waals surface area contributed by atoms with Crippen LogP contribution in [0.15, 0.2) is 0 Å². The van der Waals surface area contributed by atoms with Crippen molar-refractivity contribution in [2.75, 3.05) is 6.54 Å². The SMILES string of the molecule is N[C@@H]1CCCCN(C2CCCC2)C1=O. The van der Waals surface area contributed by atoms with Crippen molar-refractivity contribution in [1.29, 1.82) is 0 Å². The second kappa shape index (κ2) is 4.30. The van der Waals surface area contributed by atoms with Gasteiger partial charge in [0.2, 0.25) is 5.91 Å². The minimum atomic E-state index is -0.224. The van der Waals surface area contributed by atoms with E-state index in [1.807, 2.05) is 0 Å². The Balaban J connectivity index is 2.03. The van der Waals surface area contributed by atoms with Gasteiger partial charge >= 0.3 is 0 Å². The van der Waals surface area contributed by atoms with Crippen molar-refractivity contribution in [2.45, 2.75) is 57.0 Å². The van der Waals surface area contributed by atoms with Crippen molar-refractivity contribution in [3.63, 3.8) is 0 Å². The maximum atomic E-state index is 11.9. The fraction of sp³-hybridized carbons (Fsp3) is 0.909. The lowest BCUT2D eigenvalue weighted by Crippen LogP contribution is -2.46. The van der Waals surface area contributed by atoms with E-state index >= 15 is 0 Å². The van der Waals surface area contributed by atoms with Gasteiger partial charge in [-0.05, 0) is 32.1 Å². The van der Waals surface area contributed by atoms with E-state index in [1.165, 1.54) is 25.7 Å². The Bertz CT molecular complexity index is 211. The fourth-order valence-electron chi connectivity index (χ4n) is 2.67. The summed E-state index contributed by atoms with van der Waals surface area (Å²) >= 11 is 0. The molecule has 1 amide bonds. The van der Waals surface area contributed by atoms with Gasteiger partial charge < -0.3 is 10.6 Å². The molecule has 1 saturated heterocycles. The molecule has 0 unspecified atom stereocenters. The van der Waals surface area contributed by atoms with Crippen LogP contribution in [0.3, 0.4) is 0 Å². The van der Waals surface area contributed by atoms with Crippen LogP contribution < -0.4 is 5.73 Å². The van der Waals surface area contributed by atoms with Crippen LogP contribution in [-0.2, 0) is 4.79 Å². The highest BCUT2D eigenvalue weighted by Crippen LogP contribution is 2.26. The largest absolute Gasteiger partial charge is 0.338 e. The Morgan fingerprint density at radius 3 is 2.43 bits per heavy atom. The first-order valence-corrected chi connectivity index (χ1v) is 5.85. The topological polar surface area (TPSA) is 46.3 Å². The van der Waals surface area contributed by atoms with Crippen LogP contribution in [0.1, 0.15) is 44.9 Å². The first-order chi connectivity index (χ1) is 6.79. The highest BCUT2D eigenvalue weighted by Gasteiger charge is 2.30. The van der Waals surface area contributed by atoms with Crippen LogP contribution in [-0.4, -0.2) is 29.4 Å². The molecule has 0 spiro atoms. The number of hydrogen-bond donors (Lipinski definition) is 1. The van der Waals surface area contributed by atoms with E-state index in [4.69, 9.17) is 5.73 Å². The zero-order valence-corrected chi connectivity index (χ0v) is 8.74. The third-order valence-electron chi connectivity index (χ3n) is 3.53. The first-order valence-electron chi connectivity index (χ1n) is 5.85. The highest BCUT2D eigenvalue weighted by atomic mass is 16.2. The molecule has 1 saturated carbocycles. The summed E-state index contributed by atoms with van der Waals surface area (Å²) in [6.45, 7) is 0.942.